The Balaban J connectivity index is 1.70. The zero-order valence-electron chi connectivity index (χ0n) is 15.2. The van der Waals surface area contributed by atoms with Crippen LogP contribution in [0.25, 0.3) is 17.1 Å². The van der Waals surface area contributed by atoms with E-state index >= 15 is 0 Å². The number of benzene rings is 1. The molecule has 144 valence electrons. The van der Waals surface area contributed by atoms with Crippen molar-refractivity contribution in [3.63, 3.8) is 0 Å². The molecule has 0 spiro atoms. The van der Waals surface area contributed by atoms with Gasteiger partial charge in [-0.1, -0.05) is 53.3 Å². The molecule has 0 radical (unpaired) electrons. The van der Waals surface area contributed by atoms with E-state index in [2.05, 4.69) is 4.98 Å². The monoisotopic (exact) mass is 415 g/mol. The molecule has 4 rings (SSSR count). The summed E-state index contributed by atoms with van der Waals surface area (Å²) < 4.78 is 6.62. The minimum absolute atomic E-state index is 0.0329. The molecular formula is C20H18ClN3O3S. The zero-order valence-corrected chi connectivity index (χ0v) is 16.8. The van der Waals surface area contributed by atoms with Gasteiger partial charge in [-0.3, -0.25) is 14.0 Å². The van der Waals surface area contributed by atoms with Crippen LogP contribution in [0.4, 0.5) is 0 Å². The van der Waals surface area contributed by atoms with Crippen molar-refractivity contribution in [1.82, 2.24) is 14.3 Å². The van der Waals surface area contributed by atoms with Crippen LogP contribution < -0.4 is 5.56 Å². The third kappa shape index (κ3) is 3.61. The van der Waals surface area contributed by atoms with Crippen molar-refractivity contribution in [2.24, 2.45) is 0 Å². The van der Waals surface area contributed by atoms with Crippen LogP contribution in [0.5, 0.6) is 0 Å². The van der Waals surface area contributed by atoms with E-state index in [-0.39, 0.29) is 16.5 Å². The first-order valence-electron chi connectivity index (χ1n) is 8.87. The molecule has 1 aromatic carbocycles. The third-order valence-electron chi connectivity index (χ3n) is 4.62. The molecule has 0 aliphatic carbocycles. The molecule has 28 heavy (non-hydrogen) atoms. The van der Waals surface area contributed by atoms with E-state index in [9.17, 15) is 9.59 Å². The molecule has 3 aromatic rings. The number of aryl methyl sites for hydroxylation is 1. The van der Waals surface area contributed by atoms with Crippen molar-refractivity contribution in [3.05, 3.63) is 67.5 Å². The highest BCUT2D eigenvalue weighted by Crippen LogP contribution is 2.21. The number of hydrogen-bond acceptors (Lipinski definition) is 5. The first-order valence-corrected chi connectivity index (χ1v) is 10.1. The molecule has 1 saturated heterocycles. The average molecular weight is 416 g/mol. The Morgan fingerprint density at radius 3 is 2.75 bits per heavy atom. The van der Waals surface area contributed by atoms with E-state index in [1.807, 2.05) is 37.3 Å². The summed E-state index contributed by atoms with van der Waals surface area (Å²) in [7, 11) is 0. The lowest BCUT2D eigenvalue weighted by molar-refractivity contribution is 0.0306. The van der Waals surface area contributed by atoms with Gasteiger partial charge in [-0.2, -0.15) is 0 Å². The standard InChI is InChI=1S/C20H18ClN3O3S/c1-13-4-2-3-5-14(13)6-7-15-17(21)19(26)24-12-16(28-20(24)22-15)18(25)23-8-10-27-11-9-23/h2-7,12H,8-11H2,1H3/b7-6+. The Hall–Kier alpha value is -2.48. The highest BCUT2D eigenvalue weighted by Gasteiger charge is 2.22. The summed E-state index contributed by atoms with van der Waals surface area (Å²) in [5.74, 6) is -0.119. The SMILES string of the molecule is Cc1ccccc1/C=C/c1nc2sc(C(=O)N3CCOCC3)cn2c(=O)c1Cl. The fourth-order valence-corrected chi connectivity index (χ4v) is 4.16. The van der Waals surface area contributed by atoms with Crippen LogP contribution in [0.15, 0.2) is 35.3 Å². The summed E-state index contributed by atoms with van der Waals surface area (Å²) in [4.78, 5) is 32.5. The molecule has 0 saturated carbocycles. The van der Waals surface area contributed by atoms with Crippen molar-refractivity contribution < 1.29 is 9.53 Å². The number of morpholine rings is 1. The first kappa shape index (κ1) is 18.9. The highest BCUT2D eigenvalue weighted by molar-refractivity contribution is 7.18. The molecule has 1 aliphatic rings. The Morgan fingerprint density at radius 2 is 2.00 bits per heavy atom. The number of amides is 1. The Bertz CT molecular complexity index is 1130. The number of fused-ring (bicyclic) bond motifs is 1. The van der Waals surface area contributed by atoms with Gasteiger partial charge in [0, 0.05) is 19.3 Å². The molecule has 1 amide bonds. The molecule has 3 heterocycles. The van der Waals surface area contributed by atoms with Gasteiger partial charge >= 0.3 is 0 Å². The summed E-state index contributed by atoms with van der Waals surface area (Å²) in [6.07, 6.45) is 5.13. The molecule has 8 heteroatoms. The lowest BCUT2D eigenvalue weighted by atomic mass is 10.1. The molecule has 6 nitrogen and oxygen atoms in total. The molecule has 1 fully saturated rings. The van der Waals surface area contributed by atoms with E-state index in [1.54, 1.807) is 11.0 Å². The maximum absolute atomic E-state index is 12.7. The second-order valence-electron chi connectivity index (χ2n) is 6.46. The number of nitrogens with zero attached hydrogens (tertiary/aromatic N) is 3. The minimum Gasteiger partial charge on any atom is -0.378 e. The molecule has 0 bridgehead atoms. The number of hydrogen-bond donors (Lipinski definition) is 0. The fourth-order valence-electron chi connectivity index (χ4n) is 3.01. The topological polar surface area (TPSA) is 63.9 Å². The molecule has 2 aromatic heterocycles. The van der Waals surface area contributed by atoms with E-state index in [1.165, 1.54) is 21.9 Å². The number of rotatable bonds is 3. The van der Waals surface area contributed by atoms with Gasteiger partial charge in [-0.25, -0.2) is 4.98 Å². The summed E-state index contributed by atoms with van der Waals surface area (Å²) in [6.45, 7) is 4.14. The second kappa shape index (κ2) is 7.87. The van der Waals surface area contributed by atoms with Crippen LogP contribution in [-0.2, 0) is 4.74 Å². The van der Waals surface area contributed by atoms with Gasteiger partial charge in [0.05, 0.1) is 18.9 Å². The largest absolute Gasteiger partial charge is 0.378 e. The van der Waals surface area contributed by atoms with Crippen LogP contribution in [0.3, 0.4) is 0 Å². The first-order chi connectivity index (χ1) is 13.5. The average Bonchev–Trinajstić information content (AvgIpc) is 3.15. The maximum Gasteiger partial charge on any atom is 0.277 e. The number of ether oxygens (including phenoxy) is 1. The quantitative estimate of drug-likeness (QED) is 0.658. The van der Waals surface area contributed by atoms with Crippen LogP contribution in [0.1, 0.15) is 26.5 Å². The Labute approximate surface area is 170 Å². The summed E-state index contributed by atoms with van der Waals surface area (Å²) in [6, 6.07) is 7.91. The molecular weight excluding hydrogens is 398 g/mol. The van der Waals surface area contributed by atoms with Crippen LogP contribution in [-0.4, -0.2) is 46.5 Å². The predicted octanol–water partition coefficient (Wildman–Crippen LogP) is 3.36. The van der Waals surface area contributed by atoms with Gasteiger partial charge in [0.15, 0.2) is 4.96 Å². The van der Waals surface area contributed by atoms with Gasteiger partial charge in [0.1, 0.15) is 9.90 Å². The van der Waals surface area contributed by atoms with Crippen molar-refractivity contribution in [2.75, 3.05) is 26.3 Å². The van der Waals surface area contributed by atoms with E-state index < -0.39 is 0 Å². The van der Waals surface area contributed by atoms with E-state index in [0.717, 1.165) is 11.1 Å². The van der Waals surface area contributed by atoms with Gasteiger partial charge in [0.25, 0.3) is 11.5 Å². The van der Waals surface area contributed by atoms with Crippen LogP contribution in [0, 0.1) is 6.92 Å². The number of thiazole rings is 1. The van der Waals surface area contributed by atoms with Gasteiger partial charge in [-0.05, 0) is 24.1 Å². The molecule has 1 aliphatic heterocycles. The highest BCUT2D eigenvalue weighted by atomic mass is 35.5. The van der Waals surface area contributed by atoms with Crippen molar-refractivity contribution in [2.45, 2.75) is 6.92 Å². The van der Waals surface area contributed by atoms with Crippen molar-refractivity contribution in [1.29, 1.82) is 0 Å². The van der Waals surface area contributed by atoms with Crippen molar-refractivity contribution in [3.8, 4) is 0 Å². The zero-order chi connectivity index (χ0) is 19.7. The summed E-state index contributed by atoms with van der Waals surface area (Å²) in [5, 5.41) is 0.0329. The van der Waals surface area contributed by atoms with Crippen molar-refractivity contribution >= 4 is 46.0 Å². The molecule has 0 atom stereocenters. The second-order valence-corrected chi connectivity index (χ2v) is 7.85. The molecule has 0 N–H and O–H groups in total. The van der Waals surface area contributed by atoms with Gasteiger partial charge in [-0.15, -0.1) is 0 Å². The summed E-state index contributed by atoms with van der Waals surface area (Å²) in [5.41, 5.74) is 2.15. The smallest absolute Gasteiger partial charge is 0.277 e. The van der Waals surface area contributed by atoms with E-state index in [4.69, 9.17) is 16.3 Å². The summed E-state index contributed by atoms with van der Waals surface area (Å²) >= 11 is 7.45. The normalized spacial score (nSPS) is 14.9. The minimum atomic E-state index is -0.381. The van der Waals surface area contributed by atoms with E-state index in [0.29, 0.717) is 41.8 Å². The number of carbonyl (C=O) groups excluding carboxylic acids is 1. The lowest BCUT2D eigenvalue weighted by Crippen LogP contribution is -2.40. The van der Waals surface area contributed by atoms with Crippen LogP contribution in [0.2, 0.25) is 5.02 Å². The third-order valence-corrected chi connectivity index (χ3v) is 5.95. The van der Waals surface area contributed by atoms with Gasteiger partial charge < -0.3 is 9.64 Å². The number of carbonyl (C=O) groups is 1. The van der Waals surface area contributed by atoms with Gasteiger partial charge in [0.2, 0.25) is 0 Å². The number of aromatic nitrogens is 2. The predicted molar refractivity (Wildman–Crippen MR) is 111 cm³/mol. The fraction of sp³-hybridized carbons (Fsp3) is 0.250. The lowest BCUT2D eigenvalue weighted by Gasteiger charge is -2.26. The Kier molecular flexibility index (Phi) is 5.30. The van der Waals surface area contributed by atoms with Crippen LogP contribution >= 0.6 is 22.9 Å². The number of halogens is 1. The molecule has 0 unspecified atom stereocenters. The maximum atomic E-state index is 12.7. The Morgan fingerprint density at radius 1 is 1.25 bits per heavy atom.